The number of hydrogen-bond acceptors (Lipinski definition) is 3. The molecule has 2 aromatic rings. The van der Waals surface area contributed by atoms with E-state index in [4.69, 9.17) is 0 Å². The standard InChI is InChI=1S/C21H28N2OS/c1-23(16-17-7-3-2-4-8-17)20(18-12-13-18)15-22-21(24)11-5-9-19-10-6-14-25-19/h2-4,6-8,10,14,18,20H,5,9,11-13,15-16H2,1H3,(H,22,24). The van der Waals surface area contributed by atoms with Gasteiger partial charge in [0, 0.05) is 30.4 Å². The van der Waals surface area contributed by atoms with Crippen LogP contribution in [-0.4, -0.2) is 30.4 Å². The maximum absolute atomic E-state index is 12.2. The third-order valence-electron chi connectivity index (χ3n) is 4.92. The van der Waals surface area contributed by atoms with Crippen LogP contribution in [0.1, 0.15) is 36.1 Å². The summed E-state index contributed by atoms with van der Waals surface area (Å²) in [5, 5.41) is 5.27. The molecule has 1 aromatic carbocycles. The van der Waals surface area contributed by atoms with Crippen LogP contribution in [0.15, 0.2) is 47.8 Å². The summed E-state index contributed by atoms with van der Waals surface area (Å²) >= 11 is 1.77. The Labute approximate surface area is 155 Å². The molecule has 1 saturated carbocycles. The highest BCUT2D eigenvalue weighted by atomic mass is 32.1. The molecule has 1 aliphatic carbocycles. The van der Waals surface area contributed by atoms with Crippen LogP contribution in [-0.2, 0) is 17.8 Å². The molecule has 1 unspecified atom stereocenters. The molecule has 1 aliphatic rings. The molecule has 1 aromatic heterocycles. The monoisotopic (exact) mass is 356 g/mol. The Balaban J connectivity index is 1.41. The maximum Gasteiger partial charge on any atom is 0.220 e. The highest BCUT2D eigenvalue weighted by Crippen LogP contribution is 2.35. The van der Waals surface area contributed by atoms with Gasteiger partial charge in [-0.15, -0.1) is 11.3 Å². The molecule has 1 atom stereocenters. The van der Waals surface area contributed by atoms with Gasteiger partial charge < -0.3 is 5.32 Å². The zero-order chi connectivity index (χ0) is 17.5. The van der Waals surface area contributed by atoms with Crippen molar-refractivity contribution >= 4 is 17.2 Å². The van der Waals surface area contributed by atoms with Crippen molar-refractivity contribution < 1.29 is 4.79 Å². The smallest absolute Gasteiger partial charge is 0.220 e. The van der Waals surface area contributed by atoms with Crippen molar-refractivity contribution in [2.45, 2.75) is 44.7 Å². The van der Waals surface area contributed by atoms with Crippen molar-refractivity contribution in [1.82, 2.24) is 10.2 Å². The predicted octanol–water partition coefficient (Wildman–Crippen LogP) is 4.10. The van der Waals surface area contributed by atoms with Crippen LogP contribution in [0.2, 0.25) is 0 Å². The maximum atomic E-state index is 12.2. The highest BCUT2D eigenvalue weighted by Gasteiger charge is 2.33. The van der Waals surface area contributed by atoms with E-state index in [9.17, 15) is 4.79 Å². The van der Waals surface area contributed by atoms with Crippen molar-refractivity contribution in [3.05, 3.63) is 58.3 Å². The van der Waals surface area contributed by atoms with Crippen molar-refractivity contribution in [2.75, 3.05) is 13.6 Å². The summed E-state index contributed by atoms with van der Waals surface area (Å²) < 4.78 is 0. The van der Waals surface area contributed by atoms with Gasteiger partial charge in [-0.1, -0.05) is 36.4 Å². The summed E-state index contributed by atoms with van der Waals surface area (Å²) in [6.45, 7) is 1.71. The van der Waals surface area contributed by atoms with E-state index in [0.29, 0.717) is 12.5 Å². The first-order chi connectivity index (χ1) is 12.2. The Bertz CT molecular complexity index is 637. The zero-order valence-electron chi connectivity index (χ0n) is 15.0. The molecule has 25 heavy (non-hydrogen) atoms. The minimum absolute atomic E-state index is 0.190. The van der Waals surface area contributed by atoms with Gasteiger partial charge >= 0.3 is 0 Å². The number of nitrogens with one attached hydrogen (secondary N) is 1. The molecule has 4 heteroatoms. The quantitative estimate of drug-likeness (QED) is 0.695. The number of carbonyl (C=O) groups is 1. The Kier molecular flexibility index (Phi) is 6.65. The van der Waals surface area contributed by atoms with Gasteiger partial charge in [0.1, 0.15) is 0 Å². The van der Waals surface area contributed by atoms with E-state index in [1.807, 2.05) is 0 Å². The molecule has 1 heterocycles. The number of rotatable bonds is 10. The molecular formula is C21H28N2OS. The summed E-state index contributed by atoms with van der Waals surface area (Å²) in [5.74, 6) is 0.926. The second-order valence-corrected chi connectivity index (χ2v) is 8.07. The first-order valence-corrected chi connectivity index (χ1v) is 10.1. The molecule has 0 aliphatic heterocycles. The molecule has 0 bridgehead atoms. The van der Waals surface area contributed by atoms with E-state index >= 15 is 0 Å². The van der Waals surface area contributed by atoms with Crippen molar-refractivity contribution in [3.8, 4) is 0 Å². The number of likely N-dealkylation sites (N-methyl/N-ethyl adjacent to an activating group) is 1. The van der Waals surface area contributed by atoms with E-state index in [1.165, 1.54) is 23.3 Å². The SMILES string of the molecule is CN(Cc1ccccc1)C(CNC(=O)CCCc1cccs1)C1CC1. The molecule has 3 nitrogen and oxygen atoms in total. The second kappa shape index (κ2) is 9.16. The summed E-state index contributed by atoms with van der Waals surface area (Å²) in [6.07, 6.45) is 5.14. The molecule has 3 rings (SSSR count). The van der Waals surface area contributed by atoms with Crippen LogP contribution in [0.5, 0.6) is 0 Å². The molecule has 134 valence electrons. The van der Waals surface area contributed by atoms with Gasteiger partial charge in [-0.3, -0.25) is 9.69 Å². The van der Waals surface area contributed by atoms with Crippen LogP contribution in [0.3, 0.4) is 0 Å². The highest BCUT2D eigenvalue weighted by molar-refractivity contribution is 7.09. The second-order valence-electron chi connectivity index (χ2n) is 7.04. The van der Waals surface area contributed by atoms with Gasteiger partial charge in [0.25, 0.3) is 0 Å². The lowest BCUT2D eigenvalue weighted by Gasteiger charge is -2.28. The van der Waals surface area contributed by atoms with Gasteiger partial charge in [0.05, 0.1) is 0 Å². The number of aryl methyl sites for hydroxylation is 1. The van der Waals surface area contributed by atoms with E-state index < -0.39 is 0 Å². The first kappa shape index (κ1) is 18.2. The number of benzene rings is 1. The Hall–Kier alpha value is -1.65. The average molecular weight is 357 g/mol. The minimum atomic E-state index is 0.190. The summed E-state index contributed by atoms with van der Waals surface area (Å²) in [5.41, 5.74) is 1.33. The van der Waals surface area contributed by atoms with E-state index in [2.05, 4.69) is 65.1 Å². The van der Waals surface area contributed by atoms with E-state index in [0.717, 1.165) is 31.8 Å². The van der Waals surface area contributed by atoms with Crippen LogP contribution in [0.4, 0.5) is 0 Å². The molecular weight excluding hydrogens is 328 g/mol. The lowest BCUT2D eigenvalue weighted by molar-refractivity contribution is -0.121. The molecule has 1 amide bonds. The van der Waals surface area contributed by atoms with Crippen LogP contribution in [0, 0.1) is 5.92 Å². The van der Waals surface area contributed by atoms with Crippen molar-refractivity contribution in [3.63, 3.8) is 0 Å². The third kappa shape index (κ3) is 5.98. The van der Waals surface area contributed by atoms with Crippen LogP contribution < -0.4 is 5.32 Å². The number of amides is 1. The van der Waals surface area contributed by atoms with E-state index in [-0.39, 0.29) is 5.91 Å². The minimum Gasteiger partial charge on any atom is -0.355 e. The van der Waals surface area contributed by atoms with Gasteiger partial charge in [0.2, 0.25) is 5.91 Å². The van der Waals surface area contributed by atoms with Crippen LogP contribution in [0.25, 0.3) is 0 Å². The Morgan fingerprint density at radius 3 is 2.72 bits per heavy atom. The predicted molar refractivity (Wildman–Crippen MR) is 105 cm³/mol. The van der Waals surface area contributed by atoms with Crippen LogP contribution >= 0.6 is 11.3 Å². The van der Waals surface area contributed by atoms with E-state index in [1.54, 1.807) is 11.3 Å². The van der Waals surface area contributed by atoms with Gasteiger partial charge in [-0.2, -0.15) is 0 Å². The van der Waals surface area contributed by atoms with Crippen molar-refractivity contribution in [1.29, 1.82) is 0 Å². The van der Waals surface area contributed by atoms with Crippen molar-refractivity contribution in [2.24, 2.45) is 5.92 Å². The lowest BCUT2D eigenvalue weighted by atomic mass is 10.1. The van der Waals surface area contributed by atoms with Gasteiger partial charge in [0.15, 0.2) is 0 Å². The zero-order valence-corrected chi connectivity index (χ0v) is 15.8. The Morgan fingerprint density at radius 2 is 2.04 bits per heavy atom. The Morgan fingerprint density at radius 1 is 1.24 bits per heavy atom. The fourth-order valence-corrected chi connectivity index (χ4v) is 4.09. The molecule has 1 fully saturated rings. The van der Waals surface area contributed by atoms with Gasteiger partial charge in [-0.05, 0) is 55.7 Å². The molecule has 0 saturated heterocycles. The largest absolute Gasteiger partial charge is 0.355 e. The fraction of sp³-hybridized carbons (Fsp3) is 0.476. The number of thiophene rings is 1. The fourth-order valence-electron chi connectivity index (χ4n) is 3.34. The normalized spacial score (nSPS) is 15.3. The first-order valence-electron chi connectivity index (χ1n) is 9.25. The van der Waals surface area contributed by atoms with Gasteiger partial charge in [-0.25, -0.2) is 0 Å². The molecule has 1 N–H and O–H groups in total. The lowest BCUT2D eigenvalue weighted by Crippen LogP contribution is -2.43. The number of carbonyl (C=O) groups excluding carboxylic acids is 1. The summed E-state index contributed by atoms with van der Waals surface area (Å²) in [4.78, 5) is 15.9. The summed E-state index contributed by atoms with van der Waals surface area (Å²) in [6, 6.07) is 15.2. The molecule has 0 radical (unpaired) electrons. The number of hydrogen-bond donors (Lipinski definition) is 1. The number of nitrogens with zero attached hydrogens (tertiary/aromatic N) is 1. The molecule has 0 spiro atoms. The topological polar surface area (TPSA) is 32.3 Å². The average Bonchev–Trinajstić information content (AvgIpc) is 3.31. The third-order valence-corrected chi connectivity index (χ3v) is 5.86. The summed E-state index contributed by atoms with van der Waals surface area (Å²) in [7, 11) is 2.18.